The molecule has 0 aromatic carbocycles. The van der Waals surface area contributed by atoms with E-state index >= 15 is 0 Å². The quantitative estimate of drug-likeness (QED) is 0.701. The van der Waals surface area contributed by atoms with Gasteiger partial charge in [-0.1, -0.05) is 6.92 Å². The van der Waals surface area contributed by atoms with Crippen LogP contribution < -0.4 is 0 Å². The Morgan fingerprint density at radius 3 is 2.46 bits per heavy atom. The standard InChI is InChI=1S/C8H16O4S/c1-7(6-13(9,10)11)8-2-4-12-5-3-8/h7-8H,2-6H2,1H3,(H,9,10,11). The van der Waals surface area contributed by atoms with Crippen LogP contribution in [0.25, 0.3) is 0 Å². The highest BCUT2D eigenvalue weighted by molar-refractivity contribution is 7.85. The number of hydrogen-bond donors (Lipinski definition) is 1. The van der Waals surface area contributed by atoms with Gasteiger partial charge in [0.1, 0.15) is 0 Å². The molecule has 0 bridgehead atoms. The van der Waals surface area contributed by atoms with Crippen molar-refractivity contribution in [2.75, 3.05) is 19.0 Å². The average molecular weight is 208 g/mol. The van der Waals surface area contributed by atoms with Crippen molar-refractivity contribution in [1.82, 2.24) is 0 Å². The van der Waals surface area contributed by atoms with Crippen molar-refractivity contribution >= 4 is 10.1 Å². The van der Waals surface area contributed by atoms with Crippen LogP contribution in [0.3, 0.4) is 0 Å². The number of rotatable bonds is 3. The zero-order valence-corrected chi connectivity index (χ0v) is 8.59. The molecule has 5 heteroatoms. The predicted molar refractivity (Wildman–Crippen MR) is 49.1 cm³/mol. The van der Waals surface area contributed by atoms with Crippen LogP contribution >= 0.6 is 0 Å². The third kappa shape index (κ3) is 4.06. The Kier molecular flexibility index (Phi) is 3.70. The maximum atomic E-state index is 10.6. The van der Waals surface area contributed by atoms with Gasteiger partial charge in [0.15, 0.2) is 0 Å². The summed E-state index contributed by atoms with van der Waals surface area (Å²) in [6, 6.07) is 0. The molecule has 0 radical (unpaired) electrons. The van der Waals surface area contributed by atoms with Crippen molar-refractivity contribution in [2.24, 2.45) is 11.8 Å². The molecule has 1 saturated heterocycles. The zero-order chi connectivity index (χ0) is 9.90. The van der Waals surface area contributed by atoms with Crippen LogP contribution in [0.4, 0.5) is 0 Å². The van der Waals surface area contributed by atoms with Gasteiger partial charge in [-0.05, 0) is 24.7 Å². The Hall–Kier alpha value is -0.130. The summed E-state index contributed by atoms with van der Waals surface area (Å²) in [5.41, 5.74) is 0. The van der Waals surface area contributed by atoms with Crippen LogP contribution in [0.2, 0.25) is 0 Å². The fourth-order valence-corrected chi connectivity index (χ4v) is 2.69. The van der Waals surface area contributed by atoms with E-state index in [2.05, 4.69) is 0 Å². The lowest BCUT2D eigenvalue weighted by Crippen LogP contribution is -2.26. The third-order valence-corrected chi connectivity index (χ3v) is 3.49. The first-order valence-corrected chi connectivity index (χ1v) is 6.13. The third-order valence-electron chi connectivity index (χ3n) is 2.54. The van der Waals surface area contributed by atoms with E-state index in [4.69, 9.17) is 9.29 Å². The SMILES string of the molecule is CC(CS(=O)(=O)O)C1CCOCC1. The lowest BCUT2D eigenvalue weighted by Gasteiger charge is -2.26. The highest BCUT2D eigenvalue weighted by atomic mass is 32.2. The predicted octanol–water partition coefficient (Wildman–Crippen LogP) is 0.937. The zero-order valence-electron chi connectivity index (χ0n) is 7.77. The van der Waals surface area contributed by atoms with Crippen molar-refractivity contribution < 1.29 is 17.7 Å². The fraction of sp³-hybridized carbons (Fsp3) is 1.00. The van der Waals surface area contributed by atoms with Crippen LogP contribution in [0.15, 0.2) is 0 Å². The first-order valence-electron chi connectivity index (χ1n) is 4.52. The molecule has 78 valence electrons. The summed E-state index contributed by atoms with van der Waals surface area (Å²) in [6.45, 7) is 3.28. The molecule has 0 aromatic heterocycles. The second-order valence-corrected chi connectivity index (χ2v) is 5.17. The molecule has 0 aromatic rings. The van der Waals surface area contributed by atoms with Crippen molar-refractivity contribution in [2.45, 2.75) is 19.8 Å². The second kappa shape index (κ2) is 4.39. The molecule has 4 nitrogen and oxygen atoms in total. The largest absolute Gasteiger partial charge is 0.381 e. The lowest BCUT2D eigenvalue weighted by atomic mass is 9.89. The minimum absolute atomic E-state index is 0.0268. The Morgan fingerprint density at radius 2 is 2.00 bits per heavy atom. The molecule has 1 aliphatic rings. The summed E-state index contributed by atoms with van der Waals surface area (Å²) in [7, 11) is -3.81. The van der Waals surface area contributed by atoms with Gasteiger partial charge in [0, 0.05) is 13.2 Å². The molecule has 1 aliphatic heterocycles. The van der Waals surface area contributed by atoms with Gasteiger partial charge in [-0.3, -0.25) is 4.55 Å². The second-order valence-electron chi connectivity index (χ2n) is 3.68. The summed E-state index contributed by atoms with van der Waals surface area (Å²) in [4.78, 5) is 0. The molecule has 0 amide bonds. The highest BCUT2D eigenvalue weighted by Gasteiger charge is 2.23. The van der Waals surface area contributed by atoms with E-state index in [0.717, 1.165) is 12.8 Å². The van der Waals surface area contributed by atoms with Crippen LogP contribution in [-0.4, -0.2) is 31.9 Å². The van der Waals surface area contributed by atoms with Gasteiger partial charge in [0.2, 0.25) is 0 Å². The van der Waals surface area contributed by atoms with Crippen LogP contribution in [0.1, 0.15) is 19.8 Å². The van der Waals surface area contributed by atoms with E-state index in [-0.39, 0.29) is 11.7 Å². The van der Waals surface area contributed by atoms with Gasteiger partial charge in [-0.15, -0.1) is 0 Å². The summed E-state index contributed by atoms with van der Waals surface area (Å²) < 4.78 is 35.0. The molecule has 0 saturated carbocycles. The Bertz CT molecular complexity index is 241. The molecule has 13 heavy (non-hydrogen) atoms. The monoisotopic (exact) mass is 208 g/mol. The summed E-state index contributed by atoms with van der Waals surface area (Å²) in [5, 5.41) is 0. The van der Waals surface area contributed by atoms with Gasteiger partial charge in [0.05, 0.1) is 5.75 Å². The fourth-order valence-electron chi connectivity index (χ4n) is 1.75. The van der Waals surface area contributed by atoms with Gasteiger partial charge in [-0.2, -0.15) is 8.42 Å². The Morgan fingerprint density at radius 1 is 1.46 bits per heavy atom. The van der Waals surface area contributed by atoms with Gasteiger partial charge in [0.25, 0.3) is 10.1 Å². The first-order chi connectivity index (χ1) is 5.99. The summed E-state index contributed by atoms with van der Waals surface area (Å²) in [5.74, 6) is 0.270. The average Bonchev–Trinajstić information content (AvgIpc) is 2.03. The molecule has 1 unspecified atom stereocenters. The maximum absolute atomic E-state index is 10.6. The van der Waals surface area contributed by atoms with E-state index in [9.17, 15) is 8.42 Å². The van der Waals surface area contributed by atoms with E-state index in [1.165, 1.54) is 0 Å². The topological polar surface area (TPSA) is 63.6 Å². The molecular weight excluding hydrogens is 192 g/mol. The molecule has 1 heterocycles. The van der Waals surface area contributed by atoms with Crippen molar-refractivity contribution in [3.63, 3.8) is 0 Å². The maximum Gasteiger partial charge on any atom is 0.265 e. The lowest BCUT2D eigenvalue weighted by molar-refractivity contribution is 0.0525. The van der Waals surface area contributed by atoms with E-state index in [1.54, 1.807) is 0 Å². The normalized spacial score (nSPS) is 22.9. The smallest absolute Gasteiger partial charge is 0.265 e. The minimum atomic E-state index is -3.81. The molecular formula is C8H16O4S. The van der Waals surface area contributed by atoms with E-state index < -0.39 is 10.1 Å². The first kappa shape index (κ1) is 10.9. The van der Waals surface area contributed by atoms with E-state index in [0.29, 0.717) is 19.1 Å². The van der Waals surface area contributed by atoms with Crippen molar-refractivity contribution in [3.05, 3.63) is 0 Å². The summed E-state index contributed by atoms with van der Waals surface area (Å²) in [6.07, 6.45) is 1.80. The minimum Gasteiger partial charge on any atom is -0.381 e. The van der Waals surface area contributed by atoms with E-state index in [1.807, 2.05) is 6.92 Å². The van der Waals surface area contributed by atoms with Crippen LogP contribution in [0, 0.1) is 11.8 Å². The van der Waals surface area contributed by atoms with Gasteiger partial charge < -0.3 is 4.74 Å². The van der Waals surface area contributed by atoms with Crippen molar-refractivity contribution in [1.29, 1.82) is 0 Å². The molecule has 1 N–H and O–H groups in total. The molecule has 1 rings (SSSR count). The summed E-state index contributed by atoms with van der Waals surface area (Å²) >= 11 is 0. The number of hydrogen-bond acceptors (Lipinski definition) is 3. The molecule has 0 spiro atoms. The highest BCUT2D eigenvalue weighted by Crippen LogP contribution is 2.24. The van der Waals surface area contributed by atoms with Crippen LogP contribution in [-0.2, 0) is 14.9 Å². The Balaban J connectivity index is 2.42. The number of ether oxygens (including phenoxy) is 1. The van der Waals surface area contributed by atoms with Gasteiger partial charge >= 0.3 is 0 Å². The van der Waals surface area contributed by atoms with Crippen molar-refractivity contribution in [3.8, 4) is 0 Å². The molecule has 1 fully saturated rings. The van der Waals surface area contributed by atoms with Crippen LogP contribution in [0.5, 0.6) is 0 Å². The Labute approximate surface area is 79.0 Å². The molecule has 1 atom stereocenters. The van der Waals surface area contributed by atoms with Gasteiger partial charge in [-0.25, -0.2) is 0 Å². The molecule has 0 aliphatic carbocycles.